The zero-order chi connectivity index (χ0) is 15.2. The molecule has 1 N–H and O–H groups in total. The Bertz CT molecular complexity index is 522. The summed E-state index contributed by atoms with van der Waals surface area (Å²) in [5.41, 5.74) is 0. The number of amides is 1. The van der Waals surface area contributed by atoms with Gasteiger partial charge in [-0.3, -0.25) is 9.89 Å². The van der Waals surface area contributed by atoms with Gasteiger partial charge in [0.05, 0.1) is 0 Å². The normalized spacial score (nSPS) is 19.0. The average molecular weight is 310 g/mol. The first kappa shape index (κ1) is 16.2. The topological polar surface area (TPSA) is 53.9 Å². The Morgan fingerprint density at radius 3 is 2.95 bits per heavy atom. The van der Waals surface area contributed by atoms with Gasteiger partial charge in [-0.1, -0.05) is 19.8 Å². The van der Waals surface area contributed by atoms with E-state index >= 15 is 0 Å². The van der Waals surface area contributed by atoms with Crippen LogP contribution in [0.3, 0.4) is 0 Å². The molecule has 118 valence electrons. The largest absolute Gasteiger partial charge is 0.342 e. The maximum absolute atomic E-state index is 12.3. The molecule has 1 saturated heterocycles. The smallest absolute Gasteiger partial charge is 0.222 e. The van der Waals surface area contributed by atoms with Gasteiger partial charge in [0.2, 0.25) is 5.91 Å². The Hall–Kier alpha value is -1.17. The monoisotopic (exact) mass is 310 g/mol. The van der Waals surface area contributed by atoms with Gasteiger partial charge in [-0.25, -0.2) is 0 Å². The van der Waals surface area contributed by atoms with E-state index in [-0.39, 0.29) is 0 Å². The number of aromatic amines is 1. The van der Waals surface area contributed by atoms with Gasteiger partial charge in [-0.15, -0.1) is 0 Å². The molecule has 0 spiro atoms. The van der Waals surface area contributed by atoms with E-state index in [2.05, 4.69) is 24.0 Å². The SMILES string of the molecule is CCCCCC(=O)N1CCC[C@@H](c2n[nH]c(=S)n2CC)C1. The Morgan fingerprint density at radius 1 is 1.43 bits per heavy atom. The third-order valence-electron chi connectivity index (χ3n) is 4.24. The molecule has 1 aromatic rings. The molecular weight excluding hydrogens is 284 g/mol. The first-order chi connectivity index (χ1) is 10.2. The summed E-state index contributed by atoms with van der Waals surface area (Å²) in [5.74, 6) is 1.61. The predicted molar refractivity (Wildman–Crippen MR) is 85.8 cm³/mol. The van der Waals surface area contributed by atoms with Crippen LogP contribution < -0.4 is 0 Å². The molecule has 1 aliphatic rings. The molecule has 2 rings (SSSR count). The Labute approximate surface area is 131 Å². The van der Waals surface area contributed by atoms with Crippen molar-refractivity contribution < 1.29 is 4.79 Å². The zero-order valence-electron chi connectivity index (χ0n) is 13.1. The molecule has 21 heavy (non-hydrogen) atoms. The molecule has 1 aliphatic heterocycles. The second-order valence-electron chi connectivity index (χ2n) is 5.77. The van der Waals surface area contributed by atoms with Crippen LogP contribution in [0.25, 0.3) is 0 Å². The number of piperidine rings is 1. The number of hydrogen-bond acceptors (Lipinski definition) is 3. The van der Waals surface area contributed by atoms with Crippen molar-refractivity contribution in [3.8, 4) is 0 Å². The van der Waals surface area contributed by atoms with Crippen LogP contribution in [-0.2, 0) is 11.3 Å². The van der Waals surface area contributed by atoms with E-state index in [1.165, 1.54) is 0 Å². The highest BCUT2D eigenvalue weighted by Crippen LogP contribution is 2.26. The van der Waals surface area contributed by atoms with Crippen molar-refractivity contribution >= 4 is 18.1 Å². The van der Waals surface area contributed by atoms with Crippen LogP contribution >= 0.6 is 12.2 Å². The Morgan fingerprint density at radius 2 is 2.24 bits per heavy atom. The molecule has 0 bridgehead atoms. The van der Waals surface area contributed by atoms with Crippen molar-refractivity contribution in [1.82, 2.24) is 19.7 Å². The molecule has 0 saturated carbocycles. The maximum Gasteiger partial charge on any atom is 0.222 e. The number of aromatic nitrogens is 3. The molecule has 2 heterocycles. The predicted octanol–water partition coefficient (Wildman–Crippen LogP) is 3.25. The lowest BCUT2D eigenvalue weighted by Crippen LogP contribution is -2.39. The minimum Gasteiger partial charge on any atom is -0.342 e. The Balaban J connectivity index is 2.00. The number of hydrogen-bond donors (Lipinski definition) is 1. The molecule has 0 unspecified atom stereocenters. The summed E-state index contributed by atoms with van der Waals surface area (Å²) < 4.78 is 2.73. The van der Waals surface area contributed by atoms with Gasteiger partial charge in [0.25, 0.3) is 0 Å². The second-order valence-corrected chi connectivity index (χ2v) is 6.15. The number of likely N-dealkylation sites (tertiary alicyclic amines) is 1. The van der Waals surface area contributed by atoms with Gasteiger partial charge in [-0.05, 0) is 38.4 Å². The van der Waals surface area contributed by atoms with E-state index in [0.717, 1.165) is 57.6 Å². The molecule has 5 nitrogen and oxygen atoms in total. The molecule has 1 aromatic heterocycles. The summed E-state index contributed by atoms with van der Waals surface area (Å²) in [6.45, 7) is 6.73. The van der Waals surface area contributed by atoms with E-state index < -0.39 is 0 Å². The third-order valence-corrected chi connectivity index (χ3v) is 4.55. The number of carbonyl (C=O) groups is 1. The van der Waals surface area contributed by atoms with Crippen molar-refractivity contribution in [2.24, 2.45) is 0 Å². The number of H-pyrrole nitrogens is 1. The van der Waals surface area contributed by atoms with Crippen molar-refractivity contribution in [2.75, 3.05) is 13.1 Å². The molecular formula is C15H26N4OS. The van der Waals surface area contributed by atoms with E-state index in [4.69, 9.17) is 12.2 Å². The fourth-order valence-corrected chi connectivity index (χ4v) is 3.31. The van der Waals surface area contributed by atoms with Crippen molar-refractivity contribution in [2.45, 2.75) is 64.8 Å². The van der Waals surface area contributed by atoms with Gasteiger partial charge in [-0.2, -0.15) is 5.10 Å². The highest BCUT2D eigenvalue weighted by Gasteiger charge is 2.27. The van der Waals surface area contributed by atoms with Gasteiger partial charge in [0.1, 0.15) is 5.82 Å². The van der Waals surface area contributed by atoms with Crippen molar-refractivity contribution in [3.05, 3.63) is 10.6 Å². The lowest BCUT2D eigenvalue weighted by atomic mass is 9.96. The minimum absolute atomic E-state index is 0.297. The maximum atomic E-state index is 12.3. The summed E-state index contributed by atoms with van der Waals surface area (Å²) in [4.78, 5) is 14.3. The molecule has 0 aromatic carbocycles. The van der Waals surface area contributed by atoms with Crippen LogP contribution in [-0.4, -0.2) is 38.7 Å². The molecule has 1 amide bonds. The van der Waals surface area contributed by atoms with E-state index in [9.17, 15) is 4.79 Å². The fourth-order valence-electron chi connectivity index (χ4n) is 3.05. The summed E-state index contributed by atoms with van der Waals surface area (Å²) in [5, 5.41) is 7.27. The highest BCUT2D eigenvalue weighted by molar-refractivity contribution is 7.71. The summed E-state index contributed by atoms with van der Waals surface area (Å²) >= 11 is 5.26. The highest BCUT2D eigenvalue weighted by atomic mass is 32.1. The van der Waals surface area contributed by atoms with Crippen molar-refractivity contribution in [3.63, 3.8) is 0 Å². The van der Waals surface area contributed by atoms with Gasteiger partial charge in [0.15, 0.2) is 4.77 Å². The van der Waals surface area contributed by atoms with Crippen LogP contribution in [0, 0.1) is 4.77 Å². The van der Waals surface area contributed by atoms with Gasteiger partial charge >= 0.3 is 0 Å². The average Bonchev–Trinajstić information content (AvgIpc) is 2.88. The first-order valence-electron chi connectivity index (χ1n) is 8.10. The van der Waals surface area contributed by atoms with Crippen LogP contribution in [0.5, 0.6) is 0 Å². The fraction of sp³-hybridized carbons (Fsp3) is 0.800. The molecule has 0 radical (unpaired) electrons. The summed E-state index contributed by atoms with van der Waals surface area (Å²) in [7, 11) is 0. The summed E-state index contributed by atoms with van der Waals surface area (Å²) in [6.07, 6.45) is 6.11. The van der Waals surface area contributed by atoms with Gasteiger partial charge in [0, 0.05) is 32.0 Å². The van der Waals surface area contributed by atoms with Crippen LogP contribution in [0.4, 0.5) is 0 Å². The van der Waals surface area contributed by atoms with Crippen molar-refractivity contribution in [1.29, 1.82) is 0 Å². The number of nitrogens with zero attached hydrogens (tertiary/aromatic N) is 3. The van der Waals surface area contributed by atoms with E-state index in [1.54, 1.807) is 0 Å². The zero-order valence-corrected chi connectivity index (χ0v) is 13.9. The number of nitrogens with one attached hydrogen (secondary N) is 1. The van der Waals surface area contributed by atoms with Crippen LogP contribution in [0.1, 0.15) is 64.1 Å². The van der Waals surface area contributed by atoms with Crippen LogP contribution in [0.2, 0.25) is 0 Å². The standard InChI is InChI=1S/C15H26N4OS/c1-3-5-6-9-13(20)18-10-7-8-12(11-18)14-16-17-15(21)19(14)4-2/h12H,3-11H2,1-2H3,(H,17,21)/t12-/m1/s1. The minimum atomic E-state index is 0.297. The number of rotatable bonds is 6. The number of carbonyl (C=O) groups excluding carboxylic acids is 1. The second kappa shape index (κ2) is 7.73. The third kappa shape index (κ3) is 3.93. The van der Waals surface area contributed by atoms with E-state index in [0.29, 0.717) is 23.0 Å². The van der Waals surface area contributed by atoms with E-state index in [1.807, 2.05) is 9.47 Å². The molecule has 6 heteroatoms. The molecule has 1 atom stereocenters. The molecule has 1 fully saturated rings. The lowest BCUT2D eigenvalue weighted by Gasteiger charge is -2.32. The molecule has 0 aliphatic carbocycles. The van der Waals surface area contributed by atoms with Gasteiger partial charge < -0.3 is 9.47 Å². The number of unbranched alkanes of at least 4 members (excludes halogenated alkanes) is 2. The quantitative estimate of drug-likeness (QED) is 0.648. The Kier molecular flexibility index (Phi) is 5.96. The lowest BCUT2D eigenvalue weighted by molar-refractivity contribution is -0.132. The summed E-state index contributed by atoms with van der Waals surface area (Å²) in [6, 6.07) is 0. The van der Waals surface area contributed by atoms with Crippen LogP contribution in [0.15, 0.2) is 0 Å². The first-order valence-corrected chi connectivity index (χ1v) is 8.51.